The molecule has 5 heteroatoms. The van der Waals surface area contributed by atoms with E-state index in [4.69, 9.17) is 20.8 Å². The smallest absolute Gasteiger partial charge is 0.339 e. The molecule has 0 spiro atoms. The summed E-state index contributed by atoms with van der Waals surface area (Å²) in [5.74, 6) is 0.657. The molecule has 0 unspecified atom stereocenters. The van der Waals surface area contributed by atoms with E-state index in [2.05, 4.69) is 29.2 Å². The van der Waals surface area contributed by atoms with Gasteiger partial charge in [0.1, 0.15) is 18.1 Å². The molecule has 2 aromatic carbocycles. The van der Waals surface area contributed by atoms with Crippen LogP contribution in [0.25, 0.3) is 11.0 Å². The lowest BCUT2D eigenvalue weighted by atomic mass is 9.90. The van der Waals surface area contributed by atoms with Crippen molar-refractivity contribution in [3.63, 3.8) is 0 Å². The Kier molecular flexibility index (Phi) is 4.61. The van der Waals surface area contributed by atoms with E-state index < -0.39 is 0 Å². The van der Waals surface area contributed by atoms with Gasteiger partial charge in [-0.25, -0.2) is 4.79 Å². The van der Waals surface area contributed by atoms with Gasteiger partial charge in [0, 0.05) is 24.0 Å². The van der Waals surface area contributed by atoms with Gasteiger partial charge in [-0.2, -0.15) is 0 Å². The van der Waals surface area contributed by atoms with Gasteiger partial charge in [0.15, 0.2) is 0 Å². The van der Waals surface area contributed by atoms with Crippen LogP contribution in [0.5, 0.6) is 5.75 Å². The number of halogens is 1. The number of rotatable bonds is 3. The van der Waals surface area contributed by atoms with Gasteiger partial charge in [0.2, 0.25) is 0 Å². The number of ether oxygens (including phenoxy) is 1. The zero-order valence-electron chi connectivity index (χ0n) is 15.7. The van der Waals surface area contributed by atoms with Crippen molar-refractivity contribution in [1.82, 2.24) is 4.90 Å². The maximum absolute atomic E-state index is 12.6. The molecule has 0 saturated carbocycles. The molecule has 2 heterocycles. The molecule has 1 aliphatic heterocycles. The monoisotopic (exact) mass is 395 g/mol. The number of fused-ring (bicyclic) bond motifs is 5. The molecule has 0 bridgehead atoms. The van der Waals surface area contributed by atoms with Crippen molar-refractivity contribution in [3.8, 4) is 5.75 Å². The summed E-state index contributed by atoms with van der Waals surface area (Å²) in [7, 11) is 0. The molecule has 144 valence electrons. The SMILES string of the molecule is O=c1oc2c3c(c(Cl)cc2c2c1CCCC2)OCN(CCc1ccccc1)C3. The molecule has 3 aromatic rings. The Morgan fingerprint density at radius 2 is 1.82 bits per heavy atom. The summed E-state index contributed by atoms with van der Waals surface area (Å²) < 4.78 is 11.8. The van der Waals surface area contributed by atoms with Crippen molar-refractivity contribution in [2.24, 2.45) is 0 Å². The Labute approximate surface area is 168 Å². The normalized spacial score (nSPS) is 16.5. The van der Waals surface area contributed by atoms with Crippen LogP contribution in [0.1, 0.15) is 35.1 Å². The first-order valence-electron chi connectivity index (χ1n) is 9.90. The maximum Gasteiger partial charge on any atom is 0.339 e. The third-order valence-electron chi connectivity index (χ3n) is 5.85. The van der Waals surface area contributed by atoms with Gasteiger partial charge < -0.3 is 9.15 Å². The third-order valence-corrected chi connectivity index (χ3v) is 6.13. The predicted molar refractivity (Wildman–Crippen MR) is 110 cm³/mol. The van der Waals surface area contributed by atoms with E-state index in [-0.39, 0.29) is 5.63 Å². The van der Waals surface area contributed by atoms with Gasteiger partial charge in [-0.3, -0.25) is 4.90 Å². The molecular formula is C23H22ClNO3. The van der Waals surface area contributed by atoms with E-state index in [0.29, 0.717) is 29.6 Å². The van der Waals surface area contributed by atoms with Crippen molar-refractivity contribution in [2.45, 2.75) is 38.6 Å². The van der Waals surface area contributed by atoms with Crippen LogP contribution in [-0.2, 0) is 25.8 Å². The van der Waals surface area contributed by atoms with Crippen LogP contribution < -0.4 is 10.4 Å². The van der Waals surface area contributed by atoms with E-state index in [1.807, 2.05) is 12.1 Å². The minimum Gasteiger partial charge on any atom is -0.476 e. The van der Waals surface area contributed by atoms with Gasteiger partial charge in [-0.05, 0) is 49.3 Å². The summed E-state index contributed by atoms with van der Waals surface area (Å²) in [5, 5.41) is 1.58. The highest BCUT2D eigenvalue weighted by molar-refractivity contribution is 6.33. The average Bonchev–Trinajstić information content (AvgIpc) is 2.74. The molecule has 2 aliphatic rings. The molecule has 5 rings (SSSR count). The fourth-order valence-electron chi connectivity index (χ4n) is 4.39. The molecule has 28 heavy (non-hydrogen) atoms. The van der Waals surface area contributed by atoms with Gasteiger partial charge in [-0.1, -0.05) is 41.9 Å². The number of hydrogen-bond donors (Lipinski definition) is 0. The standard InChI is InChI=1S/C23H22ClNO3/c24-20-12-18-16-8-4-5-9-17(16)23(26)28-21(18)19-13-25(14-27-22(19)20)11-10-15-6-2-1-3-7-15/h1-3,6-7,12H,4-5,8-11,13-14H2. The van der Waals surface area contributed by atoms with Crippen molar-refractivity contribution in [3.05, 3.63) is 74.1 Å². The van der Waals surface area contributed by atoms with Crippen LogP contribution in [0.2, 0.25) is 5.02 Å². The summed E-state index contributed by atoms with van der Waals surface area (Å²) in [6, 6.07) is 12.3. The first kappa shape index (κ1) is 17.8. The quantitative estimate of drug-likeness (QED) is 0.602. The van der Waals surface area contributed by atoms with Crippen LogP contribution in [0.4, 0.5) is 0 Å². The molecule has 4 nitrogen and oxygen atoms in total. The summed E-state index contributed by atoms with van der Waals surface area (Å²) in [6.45, 7) is 2.02. The molecule has 1 aliphatic carbocycles. The van der Waals surface area contributed by atoms with E-state index in [0.717, 1.165) is 60.7 Å². The Bertz CT molecular complexity index is 1090. The Morgan fingerprint density at radius 3 is 2.64 bits per heavy atom. The highest BCUT2D eigenvalue weighted by Gasteiger charge is 2.27. The number of benzene rings is 2. The first-order chi connectivity index (χ1) is 13.7. The van der Waals surface area contributed by atoms with E-state index in [1.165, 1.54) is 5.56 Å². The molecular weight excluding hydrogens is 374 g/mol. The van der Waals surface area contributed by atoms with Crippen molar-refractivity contribution in [2.75, 3.05) is 13.3 Å². The number of aryl methyl sites for hydroxylation is 1. The lowest BCUT2D eigenvalue weighted by molar-refractivity contribution is 0.0968. The Morgan fingerprint density at radius 1 is 1.04 bits per heavy atom. The molecule has 0 amide bonds. The predicted octanol–water partition coefficient (Wildman–Crippen LogP) is 4.72. The fourth-order valence-corrected chi connectivity index (χ4v) is 4.67. The molecule has 0 saturated heterocycles. The zero-order chi connectivity index (χ0) is 19.1. The zero-order valence-corrected chi connectivity index (χ0v) is 16.4. The van der Waals surface area contributed by atoms with Crippen molar-refractivity contribution < 1.29 is 9.15 Å². The average molecular weight is 396 g/mol. The summed E-state index contributed by atoms with van der Waals surface area (Å²) >= 11 is 6.56. The van der Waals surface area contributed by atoms with Gasteiger partial charge in [-0.15, -0.1) is 0 Å². The Balaban J connectivity index is 1.52. The third kappa shape index (κ3) is 3.11. The molecule has 1 aromatic heterocycles. The fraction of sp³-hybridized carbons (Fsp3) is 0.348. The van der Waals surface area contributed by atoms with Gasteiger partial charge >= 0.3 is 5.63 Å². The molecule has 0 N–H and O–H groups in total. The minimum atomic E-state index is -0.201. The molecule has 0 radical (unpaired) electrons. The summed E-state index contributed by atoms with van der Waals surface area (Å²) in [6.07, 6.45) is 4.78. The van der Waals surface area contributed by atoms with Gasteiger partial charge in [0.05, 0.1) is 10.6 Å². The minimum absolute atomic E-state index is 0.201. The van der Waals surface area contributed by atoms with E-state index >= 15 is 0 Å². The molecule has 0 atom stereocenters. The number of nitrogens with zero attached hydrogens (tertiary/aromatic N) is 1. The second-order valence-electron chi connectivity index (χ2n) is 7.66. The molecule has 0 fully saturated rings. The highest BCUT2D eigenvalue weighted by Crippen LogP contribution is 2.40. The van der Waals surface area contributed by atoms with Gasteiger partial charge in [0.25, 0.3) is 0 Å². The Hall–Kier alpha value is -2.30. The second-order valence-corrected chi connectivity index (χ2v) is 8.07. The first-order valence-corrected chi connectivity index (χ1v) is 10.3. The largest absolute Gasteiger partial charge is 0.476 e. The maximum atomic E-state index is 12.6. The van der Waals surface area contributed by atoms with E-state index in [1.54, 1.807) is 0 Å². The lowest BCUT2D eigenvalue weighted by Crippen LogP contribution is -2.34. The van der Waals surface area contributed by atoms with Crippen LogP contribution in [0, 0.1) is 0 Å². The van der Waals surface area contributed by atoms with Crippen LogP contribution in [0.15, 0.2) is 45.6 Å². The lowest BCUT2D eigenvalue weighted by Gasteiger charge is -2.30. The van der Waals surface area contributed by atoms with Crippen molar-refractivity contribution >= 4 is 22.6 Å². The van der Waals surface area contributed by atoms with E-state index in [9.17, 15) is 4.79 Å². The van der Waals surface area contributed by atoms with Crippen LogP contribution in [-0.4, -0.2) is 18.2 Å². The topological polar surface area (TPSA) is 42.7 Å². The highest BCUT2D eigenvalue weighted by atomic mass is 35.5. The van der Waals surface area contributed by atoms with Crippen LogP contribution in [0.3, 0.4) is 0 Å². The summed E-state index contributed by atoms with van der Waals surface area (Å²) in [4.78, 5) is 14.8. The van der Waals surface area contributed by atoms with Crippen molar-refractivity contribution in [1.29, 1.82) is 0 Å². The number of hydrogen-bond acceptors (Lipinski definition) is 4. The summed E-state index contributed by atoms with van der Waals surface area (Å²) in [5.41, 5.74) is 4.58. The van der Waals surface area contributed by atoms with Crippen LogP contribution >= 0.6 is 11.6 Å². The second kappa shape index (κ2) is 7.26.